The number of aliphatic hydroxyl groups is 5. The van der Waals surface area contributed by atoms with E-state index >= 15 is 0 Å². The molecule has 0 fully saturated rings. The van der Waals surface area contributed by atoms with E-state index in [1.54, 1.807) is 0 Å². The molecule has 65 heteroatoms. The van der Waals surface area contributed by atoms with Gasteiger partial charge in [-0.1, -0.05) is 14.9 Å². The van der Waals surface area contributed by atoms with Crippen LogP contribution in [-0.4, -0.2) is 183 Å². The number of imidazole rings is 5. The van der Waals surface area contributed by atoms with Crippen molar-refractivity contribution >= 4 is 106 Å². The summed E-state index contributed by atoms with van der Waals surface area (Å²) in [6.07, 6.45) is 16.0. The fraction of sp³-hybridized carbons (Fsp3) is 0.459. The van der Waals surface area contributed by atoms with Crippen molar-refractivity contribution < 1.29 is 241 Å². The zero-order valence-corrected chi connectivity index (χ0v) is 57.8. The summed E-state index contributed by atoms with van der Waals surface area (Å²) in [4.78, 5) is 248. The summed E-state index contributed by atoms with van der Waals surface area (Å²) in [5, 5.41) is 71.4. The number of carboxylic acids is 5. The first kappa shape index (κ1) is 98.8. The molecular formula is C37H64N10O45P10-4. The third-order valence-corrected chi connectivity index (χ3v) is 29.9. The van der Waals surface area contributed by atoms with Crippen molar-refractivity contribution in [1.82, 2.24) is 22.8 Å². The molecule has 0 saturated carbocycles. The molecule has 0 aliphatic carbocycles. The summed E-state index contributed by atoms with van der Waals surface area (Å²) in [7, 11) is -58.3. The molecule has 21 N–H and O–H groups in total. The molecule has 0 amide bonds. The van der Waals surface area contributed by atoms with Crippen LogP contribution in [0.25, 0.3) is 0 Å². The van der Waals surface area contributed by atoms with Gasteiger partial charge in [0.25, 0.3) is 5.08 Å². The Morgan fingerprint density at radius 3 is 0.569 bits per heavy atom. The summed E-state index contributed by atoms with van der Waals surface area (Å²) in [6, 6.07) is 0. The quantitative estimate of drug-likeness (QED) is 0.0150. The van der Waals surface area contributed by atoms with Crippen LogP contribution in [-0.2, 0) is 135 Å². The summed E-state index contributed by atoms with van der Waals surface area (Å²) in [6.45, 7) is -8.52. The second-order valence-electron chi connectivity index (χ2n) is 19.9. The first-order valence-electron chi connectivity index (χ1n) is 24.7. The van der Waals surface area contributed by atoms with Crippen LogP contribution in [0.5, 0.6) is 0 Å². The van der Waals surface area contributed by atoms with Crippen molar-refractivity contribution in [2.75, 3.05) is 0 Å². The van der Waals surface area contributed by atoms with E-state index in [-0.39, 0.29) is 14.9 Å². The molecule has 0 saturated heterocycles. The molecular weight excluding hydrogens is 1610 g/mol. The summed E-state index contributed by atoms with van der Waals surface area (Å²) in [5.74, 6) is -6.05. The first-order valence-corrected chi connectivity index (χ1v) is 40.5. The number of carboxylic acid groups (broad SMARTS) is 5. The standard InChI is InChI=1S/5C7H12N2O9P2.2CH4/c5*10-6(11)3-8-1-2-9(5-8)4-7(12,19(13,14)15)20(16,17)18;;/h5*1-2,5,12H,3-4H2,(H4-,10,11,13,14,15,16,17,18);2*1H4/p-4. The van der Waals surface area contributed by atoms with E-state index in [9.17, 15) is 139 Å². The second-order valence-corrected chi connectivity index (χ2v) is 39.5. The fourth-order valence-electron chi connectivity index (χ4n) is 6.83. The minimum Gasteiger partial charge on any atom is -0.808 e. The molecule has 5 rings (SSSR count). The van der Waals surface area contributed by atoms with Crippen LogP contribution < -0.4 is 66.9 Å². The van der Waals surface area contributed by atoms with E-state index in [0.717, 1.165) is 122 Å². The molecule has 0 aliphatic rings. The van der Waals surface area contributed by atoms with Gasteiger partial charge >= 0.3 is 57.7 Å². The van der Waals surface area contributed by atoms with Crippen LogP contribution in [0.3, 0.4) is 0 Å². The van der Waals surface area contributed by atoms with Gasteiger partial charge in [-0.3, -0.25) is 13.7 Å². The van der Waals surface area contributed by atoms with Gasteiger partial charge in [-0.15, -0.1) is 0 Å². The highest BCUT2D eigenvalue weighted by molar-refractivity contribution is 7.73. The third kappa shape index (κ3) is 27.2. The normalized spacial score (nSPS) is 17.0. The largest absolute Gasteiger partial charge is 0.808 e. The molecule has 55 nitrogen and oxygen atoms in total. The van der Waals surface area contributed by atoms with Gasteiger partial charge in [0.1, 0.15) is 94.7 Å². The number of hydrogen-bond acceptors (Lipinski definition) is 29. The van der Waals surface area contributed by atoms with Gasteiger partial charge in [0.15, 0.2) is 75.8 Å². The monoisotopic (exact) mass is 1680 g/mol. The maximum absolute atomic E-state index is 11.1. The Morgan fingerprint density at radius 1 is 0.284 bits per heavy atom. The maximum atomic E-state index is 11.1. The van der Waals surface area contributed by atoms with Crippen LogP contribution in [0, 0.1) is 0 Å². The molecule has 6 unspecified atom stereocenters. The van der Waals surface area contributed by atoms with Gasteiger partial charge in [-0.25, -0.2) is 69.6 Å². The van der Waals surface area contributed by atoms with Crippen molar-refractivity contribution in [2.24, 2.45) is 0 Å². The average molecular weight is 1680 g/mol. The number of aromatic nitrogens is 10. The lowest BCUT2D eigenvalue weighted by atomic mass is 10.6. The van der Waals surface area contributed by atoms with E-state index in [1.807, 2.05) is 0 Å². The average Bonchev–Trinajstić information content (AvgIpc) is 1.09. The topological polar surface area (TPSA) is 932 Å². The highest BCUT2D eigenvalue weighted by Crippen LogP contribution is 2.69. The molecule has 0 spiro atoms. The predicted molar refractivity (Wildman–Crippen MR) is 300 cm³/mol. The Labute approximate surface area is 567 Å². The van der Waals surface area contributed by atoms with Crippen molar-refractivity contribution in [2.45, 2.75) is 106 Å². The van der Waals surface area contributed by atoms with E-state index < -0.39 is 197 Å². The number of rotatable bonds is 30. The van der Waals surface area contributed by atoms with Crippen LogP contribution in [0.4, 0.5) is 0 Å². The minimum absolute atomic E-state index is 0. The molecule has 5 aromatic rings. The van der Waals surface area contributed by atoms with Gasteiger partial charge in [-0.2, -0.15) is 0 Å². The summed E-state index contributed by atoms with van der Waals surface area (Å²) < 4.78 is 119. The smallest absolute Gasteiger partial charge is 0.373 e. The highest BCUT2D eigenvalue weighted by atomic mass is 31.3. The molecule has 5 heterocycles. The lowest BCUT2D eigenvalue weighted by molar-refractivity contribution is -0.685. The molecule has 102 heavy (non-hydrogen) atoms. The highest BCUT2D eigenvalue weighted by Gasteiger charge is 2.61. The number of aliphatic carboxylic acids is 5. The van der Waals surface area contributed by atoms with Crippen LogP contribution in [0.1, 0.15) is 14.9 Å². The fourth-order valence-corrected chi connectivity index (χ4v) is 16.7. The Bertz CT molecular complexity index is 3510. The maximum Gasteiger partial charge on any atom is 0.373 e. The first-order chi connectivity index (χ1) is 44.3. The zero-order valence-electron chi connectivity index (χ0n) is 48.9. The molecule has 0 bridgehead atoms. The van der Waals surface area contributed by atoms with Gasteiger partial charge in [-0.05, 0) is 15.2 Å². The zero-order chi connectivity index (χ0) is 78.8. The van der Waals surface area contributed by atoms with E-state index in [4.69, 9.17) is 79.4 Å². The molecule has 6 atom stereocenters. The van der Waals surface area contributed by atoms with E-state index in [2.05, 4.69) is 0 Å². The van der Waals surface area contributed by atoms with Crippen molar-refractivity contribution in [3.63, 3.8) is 0 Å². The van der Waals surface area contributed by atoms with Crippen molar-refractivity contribution in [3.8, 4) is 0 Å². The number of nitrogens with zero attached hydrogens (tertiary/aromatic N) is 10. The van der Waals surface area contributed by atoms with Gasteiger partial charge in [0, 0.05) is 0 Å². The Morgan fingerprint density at radius 2 is 0.431 bits per heavy atom. The summed E-state index contributed by atoms with van der Waals surface area (Å²) >= 11 is 0. The molecule has 586 valence electrons. The lowest BCUT2D eigenvalue weighted by Crippen LogP contribution is -2.48. The molecule has 0 aliphatic heterocycles. The van der Waals surface area contributed by atoms with Crippen molar-refractivity contribution in [1.29, 1.82) is 0 Å². The SMILES string of the molecule is C.C.O=C(O)C[n+]1ccn(CC(O)(P(=O)(O)O)P(=O)(O)O)c1.O=C(O)C[n+]1ccn(CC(O)(P(=O)([O-])O)P(=O)(O)O)c1.O=C(O)C[n+]1ccn(CC(O)(P(=O)([O-])O)P(=O)([O-])O)c1.O=C(O)C[n+]1ccn(CC(O)(P(=O)([O-])O)P(=O)([O-])O)c1.O=C(O)C[n+]1ccn(CC(O)(P(=O)([O-])[O-])P(=O)([O-])[O-])c1. The number of carbonyl (C=O) groups is 5. The van der Waals surface area contributed by atoms with Gasteiger partial charge in [0.2, 0.25) is 41.8 Å². The van der Waals surface area contributed by atoms with Crippen molar-refractivity contribution in [3.05, 3.63) is 93.6 Å². The Hall–Kier alpha value is -5.30. The molecule has 0 radical (unpaired) electrons. The minimum atomic E-state index is -6.17. The third-order valence-electron chi connectivity index (χ3n) is 11.8. The van der Waals surface area contributed by atoms with E-state index in [0.29, 0.717) is 4.57 Å². The van der Waals surface area contributed by atoms with Gasteiger partial charge < -0.3 is 181 Å². The molecule has 5 aromatic heterocycles. The van der Waals surface area contributed by atoms with Gasteiger partial charge in [0.05, 0.1) is 0 Å². The Kier molecular flexibility index (Phi) is 34.7. The summed E-state index contributed by atoms with van der Waals surface area (Å²) in [5.41, 5.74) is 0. The Balaban J connectivity index is 0. The van der Waals surface area contributed by atoms with Crippen LogP contribution in [0.2, 0.25) is 0 Å². The second kappa shape index (κ2) is 35.9. The van der Waals surface area contributed by atoms with Crippen LogP contribution in [0.15, 0.2) is 93.6 Å². The lowest BCUT2D eigenvalue weighted by Gasteiger charge is -2.54. The predicted octanol–water partition coefficient (Wildman–Crippen LogP) is -15.1. The number of hydrogen-bond donors (Lipinski definition) is 21. The van der Waals surface area contributed by atoms with Crippen LogP contribution >= 0.6 is 76.0 Å². The van der Waals surface area contributed by atoms with E-state index in [1.165, 1.54) is 12.4 Å². The molecule has 0 aromatic carbocycles.